The summed E-state index contributed by atoms with van der Waals surface area (Å²) in [5, 5.41) is 10.3. The highest BCUT2D eigenvalue weighted by Crippen LogP contribution is 2.45. The predicted molar refractivity (Wildman–Crippen MR) is 118 cm³/mol. The molecule has 3 aromatic carbocycles. The van der Waals surface area contributed by atoms with Crippen LogP contribution in [0.4, 0.5) is 0 Å². The first-order valence-electron chi connectivity index (χ1n) is 9.83. The molecule has 0 aliphatic heterocycles. The second-order valence-electron chi connectivity index (χ2n) is 6.86. The highest BCUT2D eigenvalue weighted by atomic mass is 16.5. The molecule has 166 valence electrons. The van der Waals surface area contributed by atoms with E-state index in [0.29, 0.717) is 17.9 Å². The Kier molecular flexibility index (Phi) is 7.33. The van der Waals surface area contributed by atoms with Gasteiger partial charge in [0, 0.05) is 11.6 Å². The molecule has 0 saturated heterocycles. The molecule has 0 bridgehead atoms. The van der Waals surface area contributed by atoms with E-state index >= 15 is 0 Å². The van der Waals surface area contributed by atoms with Crippen LogP contribution in [-0.4, -0.2) is 38.0 Å². The van der Waals surface area contributed by atoms with Gasteiger partial charge in [-0.15, -0.1) is 0 Å². The molecule has 0 spiro atoms. The van der Waals surface area contributed by atoms with E-state index in [0.717, 1.165) is 5.56 Å². The minimum absolute atomic E-state index is 0.00631. The molecule has 0 aliphatic rings. The fourth-order valence-corrected chi connectivity index (χ4v) is 3.23. The summed E-state index contributed by atoms with van der Waals surface area (Å²) in [5.74, 6) is -0.389. The summed E-state index contributed by atoms with van der Waals surface area (Å²) in [5.41, 5.74) is 1.24. The Hall–Kier alpha value is -4.00. The third-order valence-corrected chi connectivity index (χ3v) is 4.83. The molecule has 1 N–H and O–H groups in total. The van der Waals surface area contributed by atoms with E-state index < -0.39 is 18.0 Å². The minimum Gasteiger partial charge on any atom is -0.507 e. The van der Waals surface area contributed by atoms with Crippen LogP contribution in [0.5, 0.6) is 28.7 Å². The lowest BCUT2D eigenvalue weighted by Gasteiger charge is -2.16. The van der Waals surface area contributed by atoms with E-state index in [4.69, 9.17) is 18.9 Å². The van der Waals surface area contributed by atoms with Crippen molar-refractivity contribution in [2.75, 3.05) is 21.3 Å². The Morgan fingerprint density at radius 2 is 1.47 bits per heavy atom. The number of ketones is 2. The zero-order valence-corrected chi connectivity index (χ0v) is 18.1. The third kappa shape index (κ3) is 5.00. The monoisotopic (exact) mass is 436 g/mol. The van der Waals surface area contributed by atoms with Crippen molar-refractivity contribution in [3.05, 3.63) is 77.4 Å². The van der Waals surface area contributed by atoms with E-state index in [1.807, 2.05) is 30.3 Å². The number of benzene rings is 3. The quantitative estimate of drug-likeness (QED) is 0.371. The molecule has 7 nitrogen and oxygen atoms in total. The van der Waals surface area contributed by atoms with E-state index in [2.05, 4.69) is 0 Å². The molecule has 3 rings (SSSR count). The molecule has 32 heavy (non-hydrogen) atoms. The van der Waals surface area contributed by atoms with Crippen LogP contribution in [0.15, 0.2) is 60.7 Å². The number of rotatable bonds is 10. The van der Waals surface area contributed by atoms with Gasteiger partial charge in [0.1, 0.15) is 23.7 Å². The molecule has 0 amide bonds. The molecule has 7 heteroatoms. The molecule has 0 heterocycles. The molecule has 0 fully saturated rings. The summed E-state index contributed by atoms with van der Waals surface area (Å²) in [6.07, 6.45) is -0.455. The minimum atomic E-state index is -0.602. The van der Waals surface area contributed by atoms with Crippen LogP contribution in [0.3, 0.4) is 0 Å². The number of phenols is 1. The number of methoxy groups -OCH3 is 3. The number of ether oxygens (including phenoxy) is 4. The van der Waals surface area contributed by atoms with Crippen LogP contribution in [0.2, 0.25) is 0 Å². The number of carbonyl (C=O) groups is 2. The number of Topliss-reactive ketones (excluding diaryl/α,β-unsaturated/α-hetero) is 2. The lowest BCUT2D eigenvalue weighted by molar-refractivity contribution is 0.0891. The normalized spacial score (nSPS) is 10.3. The third-order valence-electron chi connectivity index (χ3n) is 4.83. The highest BCUT2D eigenvalue weighted by Gasteiger charge is 2.27. The molecular weight excluding hydrogens is 412 g/mol. The first-order valence-corrected chi connectivity index (χ1v) is 9.83. The summed E-state index contributed by atoms with van der Waals surface area (Å²) < 4.78 is 21.4. The lowest BCUT2D eigenvalue weighted by atomic mass is 9.99. The average molecular weight is 436 g/mol. The summed E-state index contributed by atoms with van der Waals surface area (Å²) >= 11 is 0. The number of aromatic hydroxyl groups is 1. The smallest absolute Gasteiger partial charge is 0.204 e. The maximum atomic E-state index is 12.8. The topological polar surface area (TPSA) is 91.3 Å². The maximum absolute atomic E-state index is 12.8. The predicted octanol–water partition coefficient (Wildman–Crippen LogP) is 4.45. The Bertz CT molecular complexity index is 1090. The van der Waals surface area contributed by atoms with Crippen LogP contribution >= 0.6 is 0 Å². The standard InChI is InChI=1S/C25H24O7/c1-29-22-14-21(28)23(25(31-3)24(22)30-2)20(27)13-19(26)17-9-11-18(12-10-17)32-15-16-7-5-4-6-8-16/h4-12,14,28H,13,15H2,1-3H3. The van der Waals surface area contributed by atoms with Crippen LogP contribution in [0.25, 0.3) is 0 Å². The number of carbonyl (C=O) groups excluding carboxylic acids is 2. The first kappa shape index (κ1) is 22.7. The van der Waals surface area contributed by atoms with Gasteiger partial charge in [-0.1, -0.05) is 30.3 Å². The molecule has 3 aromatic rings. The van der Waals surface area contributed by atoms with Gasteiger partial charge in [-0.2, -0.15) is 0 Å². The van der Waals surface area contributed by atoms with Crippen molar-refractivity contribution in [1.82, 2.24) is 0 Å². The van der Waals surface area contributed by atoms with Gasteiger partial charge in [-0.3, -0.25) is 9.59 Å². The summed E-state index contributed by atoms with van der Waals surface area (Å²) in [6, 6.07) is 17.5. The van der Waals surface area contributed by atoms with Crippen molar-refractivity contribution in [3.63, 3.8) is 0 Å². The molecule has 0 aliphatic carbocycles. The second kappa shape index (κ2) is 10.3. The molecular formula is C25H24O7. The van der Waals surface area contributed by atoms with Crippen molar-refractivity contribution in [2.45, 2.75) is 13.0 Å². The van der Waals surface area contributed by atoms with Crippen LogP contribution < -0.4 is 18.9 Å². The summed E-state index contributed by atoms with van der Waals surface area (Å²) in [4.78, 5) is 25.5. The van der Waals surface area contributed by atoms with Crippen molar-refractivity contribution in [2.24, 2.45) is 0 Å². The van der Waals surface area contributed by atoms with Crippen molar-refractivity contribution in [3.8, 4) is 28.7 Å². The van der Waals surface area contributed by atoms with Crippen LogP contribution in [0, 0.1) is 0 Å². The van der Waals surface area contributed by atoms with Crippen molar-refractivity contribution in [1.29, 1.82) is 0 Å². The lowest BCUT2D eigenvalue weighted by Crippen LogP contribution is -2.11. The molecule has 0 unspecified atom stereocenters. The van der Waals surface area contributed by atoms with E-state index in [9.17, 15) is 14.7 Å². The largest absolute Gasteiger partial charge is 0.507 e. The van der Waals surface area contributed by atoms with Crippen molar-refractivity contribution >= 4 is 11.6 Å². The summed E-state index contributed by atoms with van der Waals surface area (Å²) in [6.45, 7) is 0.408. The Morgan fingerprint density at radius 1 is 0.812 bits per heavy atom. The van der Waals surface area contributed by atoms with Gasteiger partial charge in [0.2, 0.25) is 5.75 Å². The number of hydrogen-bond acceptors (Lipinski definition) is 7. The first-order chi connectivity index (χ1) is 15.5. The molecule has 0 atom stereocenters. The van der Waals surface area contributed by atoms with Gasteiger partial charge >= 0.3 is 0 Å². The van der Waals surface area contributed by atoms with Gasteiger partial charge in [0.25, 0.3) is 0 Å². The maximum Gasteiger partial charge on any atom is 0.204 e. The van der Waals surface area contributed by atoms with Gasteiger partial charge in [0.15, 0.2) is 23.1 Å². The average Bonchev–Trinajstić information content (AvgIpc) is 2.82. The van der Waals surface area contributed by atoms with Gasteiger partial charge < -0.3 is 24.1 Å². The van der Waals surface area contributed by atoms with Crippen molar-refractivity contribution < 1.29 is 33.6 Å². The molecule has 0 saturated carbocycles. The second-order valence-corrected chi connectivity index (χ2v) is 6.86. The van der Waals surface area contributed by atoms with E-state index in [1.165, 1.54) is 27.4 Å². The SMILES string of the molecule is COc1cc(O)c(C(=O)CC(=O)c2ccc(OCc3ccccc3)cc2)c(OC)c1OC. The Morgan fingerprint density at radius 3 is 2.06 bits per heavy atom. The molecule has 0 aromatic heterocycles. The van der Waals surface area contributed by atoms with Gasteiger partial charge in [0.05, 0.1) is 27.8 Å². The van der Waals surface area contributed by atoms with E-state index in [-0.39, 0.29) is 28.6 Å². The van der Waals surface area contributed by atoms with E-state index in [1.54, 1.807) is 24.3 Å². The number of hydrogen-bond donors (Lipinski definition) is 1. The number of phenolic OH excluding ortho intramolecular Hbond substituents is 1. The Labute approximate surface area is 186 Å². The molecule has 0 radical (unpaired) electrons. The van der Waals surface area contributed by atoms with Gasteiger partial charge in [-0.05, 0) is 29.8 Å². The fourth-order valence-electron chi connectivity index (χ4n) is 3.23. The highest BCUT2D eigenvalue weighted by molar-refractivity contribution is 6.15. The summed E-state index contributed by atoms with van der Waals surface area (Å²) in [7, 11) is 4.12. The Balaban J connectivity index is 1.72. The fraction of sp³-hybridized carbons (Fsp3) is 0.200. The van der Waals surface area contributed by atoms with Crippen LogP contribution in [-0.2, 0) is 6.61 Å². The zero-order chi connectivity index (χ0) is 23.1. The van der Waals surface area contributed by atoms with Crippen LogP contribution in [0.1, 0.15) is 32.7 Å². The zero-order valence-electron chi connectivity index (χ0n) is 18.1. The van der Waals surface area contributed by atoms with Gasteiger partial charge in [-0.25, -0.2) is 0 Å².